The Morgan fingerprint density at radius 2 is 2.00 bits per heavy atom. The van der Waals surface area contributed by atoms with Crippen LogP contribution in [-0.4, -0.2) is 57.5 Å². The van der Waals surface area contributed by atoms with E-state index < -0.39 is 41.0 Å². The molecule has 1 aromatic carbocycles. The second kappa shape index (κ2) is 7.39. The van der Waals surface area contributed by atoms with Gasteiger partial charge >= 0.3 is 11.9 Å². The summed E-state index contributed by atoms with van der Waals surface area (Å²) < 4.78 is 17.8. The van der Waals surface area contributed by atoms with Gasteiger partial charge in [-0.25, -0.2) is 9.18 Å². The van der Waals surface area contributed by atoms with Gasteiger partial charge in [0.05, 0.1) is 0 Å². The van der Waals surface area contributed by atoms with Crippen LogP contribution in [0, 0.1) is 5.82 Å². The number of carbonyl (C=O) groups excluding carboxylic acids is 3. The van der Waals surface area contributed by atoms with Crippen molar-refractivity contribution in [2.75, 3.05) is 12.4 Å². The standard InChI is InChI=1S/C17H15FN2O6S/c1-8(21)26-6-10-7-27-16-12(15(23)20(16)13(10)17(24)25)19-14(22)9-2-4-11(18)5-3-9/h2-5,12,16H,6-7H2,1H3,(H,19,22)(H,24,25)/t12-,16-/m1/s1. The molecule has 142 valence electrons. The maximum absolute atomic E-state index is 13.0. The molecule has 2 amide bonds. The number of thioether (sulfide) groups is 1. The molecule has 0 bridgehead atoms. The van der Waals surface area contributed by atoms with E-state index in [1.165, 1.54) is 30.8 Å². The van der Waals surface area contributed by atoms with Crippen molar-refractivity contribution in [3.8, 4) is 0 Å². The fraction of sp³-hybridized carbons (Fsp3) is 0.294. The molecule has 2 atom stereocenters. The van der Waals surface area contributed by atoms with Gasteiger partial charge in [-0.15, -0.1) is 11.8 Å². The lowest BCUT2D eigenvalue weighted by atomic mass is 10.0. The number of carboxylic acids is 1. The SMILES string of the molecule is CC(=O)OCC1=C(C(=O)O)N2C(=O)[C@@H](NC(=O)c3ccc(F)cc3)[C@H]2SC1. The molecular formula is C17H15FN2O6S. The molecule has 2 heterocycles. The topological polar surface area (TPSA) is 113 Å². The summed E-state index contributed by atoms with van der Waals surface area (Å²) in [6.07, 6.45) is 0. The molecule has 1 fully saturated rings. The smallest absolute Gasteiger partial charge is 0.352 e. The summed E-state index contributed by atoms with van der Waals surface area (Å²) in [5.41, 5.74) is 0.279. The number of benzene rings is 1. The van der Waals surface area contributed by atoms with Crippen LogP contribution >= 0.6 is 11.8 Å². The first-order chi connectivity index (χ1) is 12.8. The summed E-state index contributed by atoms with van der Waals surface area (Å²) in [4.78, 5) is 48.3. The molecule has 2 aliphatic heterocycles. The molecule has 8 nitrogen and oxygen atoms in total. The van der Waals surface area contributed by atoms with Crippen molar-refractivity contribution in [1.82, 2.24) is 10.2 Å². The van der Waals surface area contributed by atoms with Crippen LogP contribution in [-0.2, 0) is 19.1 Å². The van der Waals surface area contributed by atoms with E-state index in [0.29, 0.717) is 5.57 Å². The number of β-lactam (4-membered cyclic amide) rings is 1. The van der Waals surface area contributed by atoms with Gasteiger partial charge in [-0.1, -0.05) is 0 Å². The predicted molar refractivity (Wildman–Crippen MR) is 92.0 cm³/mol. The Bertz CT molecular complexity index is 853. The second-order valence-electron chi connectivity index (χ2n) is 5.91. The third kappa shape index (κ3) is 3.65. The molecule has 0 unspecified atom stereocenters. The number of carboxylic acid groups (broad SMARTS) is 1. The Morgan fingerprint density at radius 1 is 1.33 bits per heavy atom. The predicted octanol–water partition coefficient (Wildman–Crippen LogP) is 0.741. The Hall–Kier alpha value is -2.88. The summed E-state index contributed by atoms with van der Waals surface area (Å²) in [6.45, 7) is 0.989. The van der Waals surface area contributed by atoms with Gasteiger partial charge in [0.25, 0.3) is 11.8 Å². The van der Waals surface area contributed by atoms with Crippen LogP contribution in [0.2, 0.25) is 0 Å². The van der Waals surface area contributed by atoms with Gasteiger partial charge in [0.15, 0.2) is 0 Å². The number of ether oxygens (including phenoxy) is 1. The summed E-state index contributed by atoms with van der Waals surface area (Å²) in [5, 5.41) is 11.4. The lowest BCUT2D eigenvalue weighted by molar-refractivity contribution is -0.149. The Balaban J connectivity index is 1.75. The molecule has 0 aliphatic carbocycles. The van der Waals surface area contributed by atoms with E-state index in [4.69, 9.17) is 4.74 Å². The summed E-state index contributed by atoms with van der Waals surface area (Å²) in [6, 6.07) is 3.95. The van der Waals surface area contributed by atoms with Crippen molar-refractivity contribution in [2.45, 2.75) is 18.3 Å². The average Bonchev–Trinajstić information content (AvgIpc) is 2.63. The number of halogens is 1. The van der Waals surface area contributed by atoms with E-state index in [-0.39, 0.29) is 23.6 Å². The zero-order valence-electron chi connectivity index (χ0n) is 14.1. The van der Waals surface area contributed by atoms with Crippen molar-refractivity contribution in [2.24, 2.45) is 0 Å². The van der Waals surface area contributed by atoms with Crippen LogP contribution in [0.15, 0.2) is 35.5 Å². The van der Waals surface area contributed by atoms with Crippen molar-refractivity contribution in [3.63, 3.8) is 0 Å². The molecule has 10 heteroatoms. The number of rotatable bonds is 5. The van der Waals surface area contributed by atoms with Crippen LogP contribution in [0.5, 0.6) is 0 Å². The third-order valence-electron chi connectivity index (χ3n) is 4.09. The maximum Gasteiger partial charge on any atom is 0.352 e. The van der Waals surface area contributed by atoms with Crippen LogP contribution in [0.3, 0.4) is 0 Å². The molecule has 2 N–H and O–H groups in total. The number of nitrogens with zero attached hydrogens (tertiary/aromatic N) is 1. The highest BCUT2D eigenvalue weighted by atomic mass is 32.2. The van der Waals surface area contributed by atoms with Gasteiger partial charge in [-0.3, -0.25) is 19.3 Å². The van der Waals surface area contributed by atoms with Crippen molar-refractivity contribution in [3.05, 3.63) is 46.9 Å². The first-order valence-electron chi connectivity index (χ1n) is 7.89. The zero-order chi connectivity index (χ0) is 19.7. The van der Waals surface area contributed by atoms with Gasteiger partial charge in [0.1, 0.15) is 29.5 Å². The van der Waals surface area contributed by atoms with Crippen LogP contribution in [0.25, 0.3) is 0 Å². The van der Waals surface area contributed by atoms with E-state index in [0.717, 1.165) is 17.0 Å². The number of esters is 1. The molecular weight excluding hydrogens is 379 g/mol. The normalized spacial score (nSPS) is 21.3. The maximum atomic E-state index is 13.0. The van der Waals surface area contributed by atoms with Crippen LogP contribution in [0.4, 0.5) is 4.39 Å². The van der Waals surface area contributed by atoms with E-state index in [2.05, 4.69) is 5.32 Å². The van der Waals surface area contributed by atoms with E-state index in [1.807, 2.05) is 0 Å². The first-order valence-corrected chi connectivity index (χ1v) is 8.94. The van der Waals surface area contributed by atoms with Gasteiger partial charge in [0, 0.05) is 23.8 Å². The Kier molecular flexibility index (Phi) is 5.17. The van der Waals surface area contributed by atoms with Crippen molar-refractivity contribution in [1.29, 1.82) is 0 Å². The quantitative estimate of drug-likeness (QED) is 0.559. The minimum absolute atomic E-state index is 0.188. The molecule has 1 saturated heterocycles. The number of fused-ring (bicyclic) bond motifs is 1. The lowest BCUT2D eigenvalue weighted by Crippen LogP contribution is -2.70. The first kappa shape index (κ1) is 18.9. The molecule has 0 radical (unpaired) electrons. The van der Waals surface area contributed by atoms with E-state index in [9.17, 15) is 28.7 Å². The number of amides is 2. The molecule has 0 aromatic heterocycles. The summed E-state index contributed by atoms with van der Waals surface area (Å²) in [7, 11) is 0. The van der Waals surface area contributed by atoms with E-state index >= 15 is 0 Å². The summed E-state index contributed by atoms with van der Waals surface area (Å²) >= 11 is 1.26. The third-order valence-corrected chi connectivity index (χ3v) is 5.43. The second-order valence-corrected chi connectivity index (χ2v) is 7.01. The van der Waals surface area contributed by atoms with Crippen molar-refractivity contribution < 1.29 is 33.4 Å². The highest BCUT2D eigenvalue weighted by Gasteiger charge is 2.54. The summed E-state index contributed by atoms with van der Waals surface area (Å²) in [5.74, 6) is -3.23. The van der Waals surface area contributed by atoms with Gasteiger partial charge in [-0.2, -0.15) is 0 Å². The molecule has 1 aromatic rings. The molecule has 2 aliphatic rings. The van der Waals surface area contributed by atoms with E-state index in [1.54, 1.807) is 0 Å². The Morgan fingerprint density at radius 3 is 2.59 bits per heavy atom. The van der Waals surface area contributed by atoms with Crippen LogP contribution in [0.1, 0.15) is 17.3 Å². The highest BCUT2D eigenvalue weighted by Crippen LogP contribution is 2.40. The van der Waals surface area contributed by atoms with Crippen LogP contribution < -0.4 is 5.32 Å². The minimum atomic E-state index is -1.31. The Labute approximate surface area is 157 Å². The molecule has 0 spiro atoms. The van der Waals surface area contributed by atoms with Gasteiger partial charge in [0.2, 0.25) is 0 Å². The number of hydrogen-bond acceptors (Lipinski definition) is 6. The van der Waals surface area contributed by atoms with Gasteiger partial charge in [-0.05, 0) is 24.3 Å². The fourth-order valence-electron chi connectivity index (χ4n) is 2.81. The highest BCUT2D eigenvalue weighted by molar-refractivity contribution is 8.00. The number of carbonyl (C=O) groups is 4. The van der Waals surface area contributed by atoms with Gasteiger partial charge < -0.3 is 15.2 Å². The lowest BCUT2D eigenvalue weighted by Gasteiger charge is -2.49. The largest absolute Gasteiger partial charge is 0.477 e. The fourth-order valence-corrected chi connectivity index (χ4v) is 4.14. The number of aliphatic carboxylic acids is 1. The molecule has 27 heavy (non-hydrogen) atoms. The monoisotopic (exact) mass is 394 g/mol. The average molecular weight is 394 g/mol. The molecule has 3 rings (SSSR count). The van der Waals surface area contributed by atoms with Crippen molar-refractivity contribution >= 4 is 35.5 Å². The molecule has 0 saturated carbocycles. The number of nitrogens with one attached hydrogen (secondary N) is 1. The minimum Gasteiger partial charge on any atom is -0.477 e. The zero-order valence-corrected chi connectivity index (χ0v) is 14.9. The number of hydrogen-bond donors (Lipinski definition) is 2.